The molecule has 1 fully saturated rings. The van der Waals surface area contributed by atoms with Gasteiger partial charge in [0.25, 0.3) is 0 Å². The van der Waals surface area contributed by atoms with E-state index < -0.39 is 17.2 Å². The van der Waals surface area contributed by atoms with Gasteiger partial charge >= 0.3 is 0 Å². The molecular weight excluding hydrogens is 407 g/mol. The van der Waals surface area contributed by atoms with Crippen LogP contribution >= 0.6 is 0 Å². The summed E-state index contributed by atoms with van der Waals surface area (Å²) in [6.45, 7) is 2.24. The number of rotatable bonds is 6. The Balaban J connectivity index is 1.43. The Labute approximate surface area is 189 Å². The van der Waals surface area contributed by atoms with E-state index in [0.29, 0.717) is 41.9 Å². The van der Waals surface area contributed by atoms with E-state index in [2.05, 4.69) is 13.0 Å². The van der Waals surface area contributed by atoms with Crippen molar-refractivity contribution in [3.63, 3.8) is 0 Å². The van der Waals surface area contributed by atoms with Crippen LogP contribution in [0.2, 0.25) is 0 Å². The van der Waals surface area contributed by atoms with Crippen molar-refractivity contribution in [2.45, 2.75) is 89.4 Å². The zero-order valence-electron chi connectivity index (χ0n) is 18.9. The topological polar surface area (TPSA) is 23.8 Å². The molecular formula is C28H32F3N. The predicted octanol–water partition coefficient (Wildman–Crippen LogP) is 8.10. The van der Waals surface area contributed by atoms with Gasteiger partial charge in [0.05, 0.1) is 0 Å². The Morgan fingerprint density at radius 2 is 1.72 bits per heavy atom. The minimum absolute atomic E-state index is 0.0995. The van der Waals surface area contributed by atoms with Crippen molar-refractivity contribution in [3.05, 3.63) is 69.5 Å². The van der Waals surface area contributed by atoms with Gasteiger partial charge in [-0.1, -0.05) is 44.7 Å². The highest BCUT2D eigenvalue weighted by Gasteiger charge is 2.28. The van der Waals surface area contributed by atoms with Crippen LogP contribution in [-0.2, 0) is 12.8 Å². The lowest BCUT2D eigenvalue weighted by Crippen LogP contribution is -2.17. The molecule has 1 atom stereocenters. The third-order valence-electron chi connectivity index (χ3n) is 7.73. The van der Waals surface area contributed by atoms with Gasteiger partial charge in [-0.3, -0.25) is 0 Å². The van der Waals surface area contributed by atoms with Gasteiger partial charge < -0.3 is 0 Å². The summed E-state index contributed by atoms with van der Waals surface area (Å²) in [5, 5.41) is 8.98. The summed E-state index contributed by atoms with van der Waals surface area (Å²) in [4.78, 5) is 0. The molecule has 0 aromatic heterocycles. The number of halogens is 3. The summed E-state index contributed by atoms with van der Waals surface area (Å²) in [5.74, 6) is -0.618. The van der Waals surface area contributed by atoms with E-state index in [1.807, 2.05) is 6.07 Å². The molecule has 170 valence electrons. The molecule has 0 spiro atoms. The third kappa shape index (κ3) is 4.72. The molecule has 32 heavy (non-hydrogen) atoms. The molecule has 0 bridgehead atoms. The fourth-order valence-corrected chi connectivity index (χ4v) is 5.81. The Bertz CT molecular complexity index is 999. The lowest BCUT2D eigenvalue weighted by molar-refractivity contribution is 0.302. The number of fused-ring (bicyclic) bond motifs is 1. The van der Waals surface area contributed by atoms with Crippen molar-refractivity contribution < 1.29 is 13.2 Å². The maximum Gasteiger partial charge on any atom is 0.147 e. The summed E-state index contributed by atoms with van der Waals surface area (Å²) >= 11 is 0. The van der Waals surface area contributed by atoms with Crippen LogP contribution < -0.4 is 0 Å². The van der Waals surface area contributed by atoms with Crippen LogP contribution in [0.4, 0.5) is 13.2 Å². The molecule has 0 heterocycles. The van der Waals surface area contributed by atoms with Crippen LogP contribution in [-0.4, -0.2) is 0 Å². The lowest BCUT2D eigenvalue weighted by Gasteiger charge is -2.30. The lowest BCUT2D eigenvalue weighted by atomic mass is 9.76. The molecule has 2 aromatic rings. The van der Waals surface area contributed by atoms with Crippen LogP contribution in [0.15, 0.2) is 24.3 Å². The summed E-state index contributed by atoms with van der Waals surface area (Å²) in [6, 6.07) is 8.53. The Morgan fingerprint density at radius 3 is 2.41 bits per heavy atom. The standard InChI is InChI=1S/C28H32F3N/c1-2-3-4-5-18-6-8-19(9-7-18)20-10-12-23(26(29)15-20)21-11-13-24-22(14-21)16-27(30)25(17-32)28(24)31/h10,12,15-16,18-19,21H,2-9,11,13-14H2,1H3. The van der Waals surface area contributed by atoms with Gasteiger partial charge in [0.2, 0.25) is 0 Å². The second-order valence-corrected chi connectivity index (χ2v) is 9.73. The van der Waals surface area contributed by atoms with Gasteiger partial charge in [-0.15, -0.1) is 0 Å². The zero-order valence-corrected chi connectivity index (χ0v) is 18.9. The van der Waals surface area contributed by atoms with Crippen molar-refractivity contribution in [2.24, 2.45) is 5.92 Å². The number of nitrogens with zero attached hydrogens (tertiary/aromatic N) is 1. The van der Waals surface area contributed by atoms with Crippen LogP contribution in [0.25, 0.3) is 0 Å². The Kier molecular flexibility index (Phi) is 7.23. The number of benzene rings is 2. The van der Waals surface area contributed by atoms with E-state index in [-0.39, 0.29) is 11.7 Å². The minimum atomic E-state index is -0.828. The summed E-state index contributed by atoms with van der Waals surface area (Å²) in [7, 11) is 0. The average Bonchev–Trinajstić information content (AvgIpc) is 2.79. The van der Waals surface area contributed by atoms with Crippen molar-refractivity contribution in [1.29, 1.82) is 5.26 Å². The largest absolute Gasteiger partial charge is 0.207 e. The van der Waals surface area contributed by atoms with Crippen LogP contribution in [0.3, 0.4) is 0 Å². The Morgan fingerprint density at radius 1 is 0.938 bits per heavy atom. The van der Waals surface area contributed by atoms with Gasteiger partial charge in [0, 0.05) is 0 Å². The first-order valence-electron chi connectivity index (χ1n) is 12.2. The van der Waals surface area contributed by atoms with E-state index in [9.17, 15) is 8.78 Å². The Hall–Kier alpha value is -2.28. The number of nitriles is 1. The molecule has 4 rings (SSSR count). The fourth-order valence-electron chi connectivity index (χ4n) is 5.81. The molecule has 0 radical (unpaired) electrons. The predicted molar refractivity (Wildman–Crippen MR) is 121 cm³/mol. The average molecular weight is 440 g/mol. The van der Waals surface area contributed by atoms with E-state index >= 15 is 4.39 Å². The molecule has 4 heteroatoms. The van der Waals surface area contributed by atoms with Gasteiger partial charge in [0.1, 0.15) is 29.1 Å². The van der Waals surface area contributed by atoms with E-state index in [0.717, 1.165) is 24.3 Å². The molecule has 2 aliphatic rings. The third-order valence-corrected chi connectivity index (χ3v) is 7.73. The highest BCUT2D eigenvalue weighted by atomic mass is 19.1. The molecule has 0 N–H and O–H groups in total. The van der Waals surface area contributed by atoms with E-state index in [1.54, 1.807) is 12.1 Å². The van der Waals surface area contributed by atoms with Crippen LogP contribution in [0, 0.1) is 34.7 Å². The molecule has 1 unspecified atom stereocenters. The first-order valence-corrected chi connectivity index (χ1v) is 12.2. The van der Waals surface area contributed by atoms with Crippen molar-refractivity contribution in [1.82, 2.24) is 0 Å². The van der Waals surface area contributed by atoms with Gasteiger partial charge in [-0.05, 0) is 97.1 Å². The summed E-state index contributed by atoms with van der Waals surface area (Å²) < 4.78 is 43.7. The number of hydrogen-bond donors (Lipinski definition) is 0. The summed E-state index contributed by atoms with van der Waals surface area (Å²) in [5.41, 5.74) is 2.17. The van der Waals surface area contributed by atoms with E-state index in [4.69, 9.17) is 5.26 Å². The number of unbranched alkanes of at least 4 members (excludes halogenated alkanes) is 2. The molecule has 2 aliphatic carbocycles. The van der Waals surface area contributed by atoms with Crippen molar-refractivity contribution in [3.8, 4) is 6.07 Å². The SMILES string of the molecule is CCCCCC1CCC(c2ccc(C3CCc4c(cc(F)c(C#N)c4F)C3)c(F)c2)CC1. The molecule has 0 saturated heterocycles. The highest BCUT2D eigenvalue weighted by molar-refractivity contribution is 5.44. The second-order valence-electron chi connectivity index (χ2n) is 9.73. The first-order chi connectivity index (χ1) is 15.5. The maximum absolute atomic E-state index is 15.1. The molecule has 0 amide bonds. The second kappa shape index (κ2) is 10.1. The highest BCUT2D eigenvalue weighted by Crippen LogP contribution is 2.40. The smallest absolute Gasteiger partial charge is 0.147 e. The molecule has 2 aromatic carbocycles. The van der Waals surface area contributed by atoms with Crippen LogP contribution in [0.5, 0.6) is 0 Å². The van der Waals surface area contributed by atoms with Crippen molar-refractivity contribution in [2.75, 3.05) is 0 Å². The van der Waals surface area contributed by atoms with Crippen LogP contribution in [0.1, 0.15) is 104 Å². The maximum atomic E-state index is 15.1. The van der Waals surface area contributed by atoms with Gasteiger partial charge in [0.15, 0.2) is 0 Å². The number of hydrogen-bond acceptors (Lipinski definition) is 1. The zero-order chi connectivity index (χ0) is 22.7. The normalized spacial score (nSPS) is 22.9. The quantitative estimate of drug-likeness (QED) is 0.417. The van der Waals surface area contributed by atoms with E-state index in [1.165, 1.54) is 44.6 Å². The minimum Gasteiger partial charge on any atom is -0.207 e. The molecule has 0 aliphatic heterocycles. The van der Waals surface area contributed by atoms with Crippen molar-refractivity contribution >= 4 is 0 Å². The van der Waals surface area contributed by atoms with Gasteiger partial charge in [-0.2, -0.15) is 5.26 Å². The first kappa shape index (κ1) is 22.9. The fraction of sp³-hybridized carbons (Fsp3) is 0.536. The monoisotopic (exact) mass is 439 g/mol. The summed E-state index contributed by atoms with van der Waals surface area (Å²) in [6.07, 6.45) is 11.3. The molecule has 1 saturated carbocycles. The molecule has 1 nitrogen and oxygen atoms in total. The van der Waals surface area contributed by atoms with Gasteiger partial charge in [-0.25, -0.2) is 13.2 Å².